The number of rotatable bonds is 6. The Hall–Kier alpha value is -0.920. The van der Waals surface area contributed by atoms with Crippen LogP contribution in [-0.4, -0.2) is 47.7 Å². The summed E-state index contributed by atoms with van der Waals surface area (Å²) in [5.74, 6) is -9.31. The second kappa shape index (κ2) is 6.31. The van der Waals surface area contributed by atoms with E-state index < -0.39 is 36.2 Å². The number of hydrogen-bond donors (Lipinski definition) is 0. The molecule has 0 bridgehead atoms. The summed E-state index contributed by atoms with van der Waals surface area (Å²) in [7, 11) is 0. The van der Waals surface area contributed by atoms with Crippen molar-refractivity contribution in [1.29, 1.82) is 0 Å². The second-order valence-corrected chi connectivity index (χ2v) is 3.74. The van der Waals surface area contributed by atoms with Gasteiger partial charge in [-0.25, -0.2) is 0 Å². The molecule has 0 aromatic rings. The summed E-state index contributed by atoms with van der Waals surface area (Å²) in [4.78, 5) is 22.2. The molecule has 0 fully saturated rings. The van der Waals surface area contributed by atoms with Gasteiger partial charge in [-0.05, 0) is 6.42 Å². The lowest BCUT2D eigenvalue weighted by molar-refractivity contribution is -0.274. The smallest absolute Gasteiger partial charge is 0.330 e. The summed E-state index contributed by atoms with van der Waals surface area (Å²) >= 11 is 5.11. The first kappa shape index (κ1) is 17.1. The summed E-state index contributed by atoms with van der Waals surface area (Å²) in [6.45, 7) is 0.228. The first-order valence-corrected chi connectivity index (χ1v) is 5.43. The van der Waals surface area contributed by atoms with Crippen LogP contribution < -0.4 is 0 Å². The number of carbonyl (C=O) groups is 2. The molecule has 0 aliphatic heterocycles. The van der Waals surface area contributed by atoms with Crippen molar-refractivity contribution < 1.29 is 31.5 Å². The maximum Gasteiger partial charge on any atom is 0.463 e. The third kappa shape index (κ3) is 4.08. The van der Waals surface area contributed by atoms with Crippen molar-refractivity contribution >= 4 is 23.3 Å². The van der Waals surface area contributed by atoms with E-state index in [4.69, 9.17) is 11.6 Å². The zero-order valence-corrected chi connectivity index (χ0v) is 10.1. The molecule has 0 aromatic heterocycles. The first-order valence-electron chi connectivity index (χ1n) is 4.89. The zero-order chi connectivity index (χ0) is 14.6. The number of ketones is 1. The van der Waals surface area contributed by atoms with Gasteiger partial charge in [-0.1, -0.05) is 6.92 Å². The van der Waals surface area contributed by atoms with Crippen molar-refractivity contribution in [3.8, 4) is 0 Å². The Morgan fingerprint density at radius 3 is 2.00 bits per heavy atom. The molecule has 0 unspecified atom stereocenters. The van der Waals surface area contributed by atoms with Gasteiger partial charge in [0, 0.05) is 6.54 Å². The highest BCUT2D eigenvalue weighted by Gasteiger charge is 2.64. The lowest BCUT2D eigenvalue weighted by Crippen LogP contribution is -2.53. The third-order valence-electron chi connectivity index (χ3n) is 1.92. The molecule has 0 radical (unpaired) electrons. The van der Waals surface area contributed by atoms with E-state index >= 15 is 0 Å². The van der Waals surface area contributed by atoms with Gasteiger partial charge in [-0.3, -0.25) is 9.59 Å². The molecule has 0 N–H and O–H groups in total. The van der Waals surface area contributed by atoms with Gasteiger partial charge in [0.1, 0.15) is 0 Å². The lowest BCUT2D eigenvalue weighted by atomic mass is 10.2. The summed E-state index contributed by atoms with van der Waals surface area (Å²) in [5, 5.41) is 0. The molecule has 9 heteroatoms. The maximum absolute atomic E-state index is 12.8. The number of Topliss-reactive ketones (excluding diaryl/α,β-unsaturated/α-hetero) is 1. The molecule has 1 amide bonds. The predicted molar refractivity (Wildman–Crippen MR) is 53.6 cm³/mol. The monoisotopic (exact) mass is 295 g/mol. The number of alkyl halides is 6. The molecule has 0 heterocycles. The van der Waals surface area contributed by atoms with Gasteiger partial charge in [0.25, 0.3) is 0 Å². The maximum atomic E-state index is 12.8. The summed E-state index contributed by atoms with van der Waals surface area (Å²) in [6.07, 6.45) is -5.85. The van der Waals surface area contributed by atoms with Crippen LogP contribution in [0.2, 0.25) is 0 Å². The largest absolute Gasteiger partial charge is 0.463 e. The Morgan fingerprint density at radius 2 is 1.67 bits per heavy atom. The van der Waals surface area contributed by atoms with E-state index in [9.17, 15) is 31.5 Å². The highest BCUT2D eigenvalue weighted by molar-refractivity contribution is 6.28. The predicted octanol–water partition coefficient (Wildman–Crippen LogP) is 2.23. The number of hydrogen-bond acceptors (Lipinski definition) is 2. The van der Waals surface area contributed by atoms with Gasteiger partial charge in [0.15, 0.2) is 5.78 Å². The molecule has 3 nitrogen and oxygen atoms in total. The molecule has 0 aromatic carbocycles. The summed E-state index contributed by atoms with van der Waals surface area (Å²) in [5.41, 5.74) is 0. The van der Waals surface area contributed by atoms with Crippen LogP contribution in [0.5, 0.6) is 0 Å². The molecule has 0 aliphatic rings. The molecule has 0 rings (SSSR count). The summed E-state index contributed by atoms with van der Waals surface area (Å²) < 4.78 is 61.6. The number of carbonyl (C=O) groups excluding carboxylic acids is 2. The van der Waals surface area contributed by atoms with Crippen LogP contribution in [0.3, 0.4) is 0 Å². The fraction of sp³-hybridized carbons (Fsp3) is 0.778. The first-order chi connectivity index (χ1) is 8.07. The van der Waals surface area contributed by atoms with Crippen molar-refractivity contribution in [1.82, 2.24) is 4.90 Å². The molecule has 106 valence electrons. The standard InChI is InChI=1S/C9H11ClF5NO2/c1-2-3-16(5-6(17)4-10)7(18)8(11,12)9(13,14)15/h2-5H2,1H3. The van der Waals surface area contributed by atoms with E-state index in [1.807, 2.05) is 0 Å². The average molecular weight is 296 g/mol. The van der Waals surface area contributed by atoms with Crippen LogP contribution in [0, 0.1) is 0 Å². The van der Waals surface area contributed by atoms with Gasteiger partial charge in [0.2, 0.25) is 0 Å². The highest BCUT2D eigenvalue weighted by Crippen LogP contribution is 2.36. The molecule has 0 spiro atoms. The Balaban J connectivity index is 5.02. The van der Waals surface area contributed by atoms with Crippen LogP contribution in [0.15, 0.2) is 0 Å². The van der Waals surface area contributed by atoms with Gasteiger partial charge in [-0.2, -0.15) is 22.0 Å². The van der Waals surface area contributed by atoms with E-state index in [0.717, 1.165) is 0 Å². The average Bonchev–Trinajstić information content (AvgIpc) is 2.25. The van der Waals surface area contributed by atoms with E-state index in [1.54, 1.807) is 0 Å². The lowest BCUT2D eigenvalue weighted by Gasteiger charge is -2.27. The number of nitrogens with zero attached hydrogens (tertiary/aromatic N) is 1. The van der Waals surface area contributed by atoms with Gasteiger partial charge in [-0.15, -0.1) is 11.6 Å². The van der Waals surface area contributed by atoms with E-state index in [1.165, 1.54) is 6.92 Å². The molecule has 0 atom stereocenters. The zero-order valence-electron chi connectivity index (χ0n) is 9.36. The molecule has 0 saturated heterocycles. The van der Waals surface area contributed by atoms with Gasteiger partial charge in [0.05, 0.1) is 12.4 Å². The Labute approximate surface area is 105 Å². The van der Waals surface area contributed by atoms with Gasteiger partial charge >= 0.3 is 18.0 Å². The minimum atomic E-state index is -5.99. The van der Waals surface area contributed by atoms with Crippen molar-refractivity contribution in [3.63, 3.8) is 0 Å². The van der Waals surface area contributed by atoms with E-state index in [2.05, 4.69) is 0 Å². The molecule has 0 saturated carbocycles. The van der Waals surface area contributed by atoms with Crippen molar-refractivity contribution in [2.45, 2.75) is 25.4 Å². The Bertz CT molecular complexity index is 319. The van der Waals surface area contributed by atoms with Crippen molar-refractivity contribution in [3.05, 3.63) is 0 Å². The highest BCUT2D eigenvalue weighted by atomic mass is 35.5. The van der Waals surface area contributed by atoms with Crippen LogP contribution in [0.25, 0.3) is 0 Å². The molecular formula is C9H11ClF5NO2. The SMILES string of the molecule is CCCN(CC(=O)CCl)C(=O)C(F)(F)C(F)(F)F. The van der Waals surface area contributed by atoms with Crippen LogP contribution in [0.4, 0.5) is 22.0 Å². The summed E-state index contributed by atoms with van der Waals surface area (Å²) in [6, 6.07) is 0. The molecule has 0 aliphatic carbocycles. The van der Waals surface area contributed by atoms with E-state index in [0.29, 0.717) is 0 Å². The number of amides is 1. The minimum absolute atomic E-state index is 0.134. The fourth-order valence-corrected chi connectivity index (χ4v) is 1.18. The Kier molecular flexibility index (Phi) is 5.98. The van der Waals surface area contributed by atoms with Crippen LogP contribution in [0.1, 0.15) is 13.3 Å². The van der Waals surface area contributed by atoms with Crippen molar-refractivity contribution in [2.24, 2.45) is 0 Å². The number of halogens is 6. The topological polar surface area (TPSA) is 37.4 Å². The minimum Gasteiger partial charge on any atom is -0.330 e. The molecular weight excluding hydrogens is 285 g/mol. The Morgan fingerprint density at radius 1 is 1.17 bits per heavy atom. The van der Waals surface area contributed by atoms with E-state index in [-0.39, 0.29) is 17.9 Å². The second-order valence-electron chi connectivity index (χ2n) is 3.47. The fourth-order valence-electron chi connectivity index (χ4n) is 1.10. The van der Waals surface area contributed by atoms with Crippen LogP contribution in [-0.2, 0) is 9.59 Å². The molecule has 18 heavy (non-hydrogen) atoms. The third-order valence-corrected chi connectivity index (χ3v) is 2.22. The van der Waals surface area contributed by atoms with Crippen LogP contribution >= 0.6 is 11.6 Å². The van der Waals surface area contributed by atoms with Crippen molar-refractivity contribution in [2.75, 3.05) is 19.0 Å². The quantitative estimate of drug-likeness (QED) is 0.557. The normalized spacial score (nSPS) is 12.4. The van der Waals surface area contributed by atoms with Gasteiger partial charge < -0.3 is 4.90 Å².